The summed E-state index contributed by atoms with van der Waals surface area (Å²) in [6.45, 7) is 1.71. The predicted molar refractivity (Wildman–Crippen MR) is 82.3 cm³/mol. The Kier molecular flexibility index (Phi) is 2.86. The van der Waals surface area contributed by atoms with Gasteiger partial charge in [0.25, 0.3) is 2.86 Å². The highest BCUT2D eigenvalue weighted by Gasteiger charge is 2.16. The van der Waals surface area contributed by atoms with Crippen LogP contribution in [-0.2, 0) is 4.79 Å². The maximum atomic E-state index is 12.4. The van der Waals surface area contributed by atoms with Gasteiger partial charge in [0.2, 0.25) is 0 Å². The molecule has 6 heteroatoms. The van der Waals surface area contributed by atoms with E-state index >= 15 is 0 Å². The van der Waals surface area contributed by atoms with Crippen molar-refractivity contribution in [3.63, 3.8) is 0 Å². The van der Waals surface area contributed by atoms with Gasteiger partial charge in [0.15, 0.2) is 5.78 Å². The first-order valence-electron chi connectivity index (χ1n) is 8.96. The number of aromatic hydroxyl groups is 1. The molecule has 2 aromatic rings. The smallest absolute Gasteiger partial charge is 0.303 e. The average Bonchev–Trinajstić information content (AvgIpc) is 2.62. The predicted octanol–water partition coefficient (Wildman–Crippen LogP) is 3.46. The number of aliphatic carboxylic acids is 1. The lowest BCUT2D eigenvalue weighted by Gasteiger charge is -2.09. The number of aryl methyl sites for hydroxylation is 1. The van der Waals surface area contributed by atoms with Gasteiger partial charge in [-0.25, -0.2) is 4.98 Å². The van der Waals surface area contributed by atoms with Gasteiger partial charge in [0, 0.05) is 25.9 Å². The number of carbonyl (C=O) groups excluding carboxylic acids is 1. The Labute approximate surface area is 140 Å². The van der Waals surface area contributed by atoms with E-state index in [0.717, 1.165) is 0 Å². The molecule has 1 aromatic carbocycles. The van der Waals surface area contributed by atoms with Crippen LogP contribution in [0.25, 0.3) is 12.6 Å². The van der Waals surface area contributed by atoms with E-state index in [2.05, 4.69) is 15.2 Å². The molecule has 0 atom stereocenters. The van der Waals surface area contributed by atoms with Crippen molar-refractivity contribution in [2.75, 3.05) is 0 Å². The highest BCUT2D eigenvalue weighted by atomic mass is 35.5. The van der Waals surface area contributed by atoms with E-state index in [1.165, 1.54) is 6.07 Å². The van der Waals surface area contributed by atoms with Crippen molar-refractivity contribution < 1.29 is 25.3 Å². The van der Waals surface area contributed by atoms with Crippen LogP contribution in [0, 0.1) is 6.92 Å². The number of hydrogen-bond donors (Lipinski definition) is 2. The van der Waals surface area contributed by atoms with Gasteiger partial charge in [-0.2, -0.15) is 0 Å². The summed E-state index contributed by atoms with van der Waals surface area (Å²) < 4.78 is 45.0. The van der Waals surface area contributed by atoms with E-state index < -0.39 is 48.2 Å². The van der Waals surface area contributed by atoms with E-state index in [0.29, 0.717) is 16.1 Å². The van der Waals surface area contributed by atoms with Crippen LogP contribution in [-0.4, -0.2) is 28.4 Å². The zero-order chi connectivity index (χ0) is 21.2. The molecule has 1 heterocycles. The van der Waals surface area contributed by atoms with Crippen molar-refractivity contribution in [3.05, 3.63) is 46.7 Å². The van der Waals surface area contributed by atoms with Crippen molar-refractivity contribution in [1.29, 1.82) is 2.86 Å². The molecule has 2 rings (SSSR count). The summed E-state index contributed by atoms with van der Waals surface area (Å²) in [5.74, 6) is -3.27. The fourth-order valence-electron chi connectivity index (χ4n) is 1.78. The number of benzene rings is 1. The molecule has 0 amide bonds. The summed E-state index contributed by atoms with van der Waals surface area (Å²) in [7, 11) is 0. The fraction of sp³-hybridized carbons (Fsp3) is 0.188. The number of halogens is 1. The van der Waals surface area contributed by atoms with Crippen molar-refractivity contribution in [3.8, 4) is 16.9 Å². The third-order valence-electron chi connectivity index (χ3n) is 2.86. The number of pyridine rings is 1. The van der Waals surface area contributed by atoms with Crippen LogP contribution < -0.4 is 0 Å². The molecule has 0 saturated heterocycles. The maximum Gasteiger partial charge on any atom is 0.303 e. The number of carbonyl (C=O) groups is 2. The van der Waals surface area contributed by atoms with Gasteiger partial charge < -0.3 is 10.2 Å². The van der Waals surface area contributed by atoms with Gasteiger partial charge in [0.05, 0.1) is 9.11 Å². The number of hydrogen-bond acceptors (Lipinski definition) is 5. The number of Topliss-reactive ketones (excluding diaryl/α,β-unsaturated/α-hetero) is 1. The molecule has 0 radical (unpaired) electrons. The summed E-state index contributed by atoms with van der Waals surface area (Å²) >= 11 is 5.98. The van der Waals surface area contributed by atoms with Crippen LogP contribution in [0.2, 0.25) is 5.02 Å². The quantitative estimate of drug-likeness (QED) is 0.794. The monoisotopic (exact) mass is 325 g/mol. The van der Waals surface area contributed by atoms with Crippen molar-refractivity contribution in [1.82, 2.24) is 4.98 Å². The van der Waals surface area contributed by atoms with Crippen molar-refractivity contribution in [2.24, 2.45) is 0 Å². The lowest BCUT2D eigenvalue weighted by Crippen LogP contribution is -2.06. The molecule has 0 aliphatic heterocycles. The van der Waals surface area contributed by atoms with E-state index in [-0.39, 0.29) is 5.56 Å². The minimum atomic E-state index is -2.83. The molecule has 0 bridgehead atoms. The minimum Gasteiger partial charge on any atom is -0.506 e. The zero-order valence-corrected chi connectivity index (χ0v) is 12.2. The van der Waals surface area contributed by atoms with E-state index in [1.54, 1.807) is 19.1 Å². The van der Waals surface area contributed by atoms with Crippen LogP contribution in [0.3, 0.4) is 0 Å². The molecule has 114 valence electrons. The Morgan fingerprint density at radius 2 is 2.32 bits per heavy atom. The zero-order valence-electron chi connectivity index (χ0n) is 17.4. The Hall–Kier alpha value is -2.40. The molecular weight excluding hydrogens is 306 g/mol. The first-order chi connectivity index (χ1) is 13.0. The van der Waals surface area contributed by atoms with Gasteiger partial charge >= 0.3 is 5.97 Å². The largest absolute Gasteiger partial charge is 0.506 e. The Balaban J connectivity index is 2.60. The second kappa shape index (κ2) is 6.58. The van der Waals surface area contributed by atoms with Gasteiger partial charge in [-0.05, 0) is 36.2 Å². The molecule has 0 unspecified atom stereocenters. The normalized spacial score (nSPS) is 14.6. The first-order valence-corrected chi connectivity index (χ1v) is 6.53. The third kappa shape index (κ3) is 3.62. The third-order valence-corrected chi connectivity index (χ3v) is 3.09. The van der Waals surface area contributed by atoms with Crippen LogP contribution in [0.4, 0.5) is 0 Å². The molecule has 22 heavy (non-hydrogen) atoms. The lowest BCUT2D eigenvalue weighted by atomic mass is 10.0. The fourth-order valence-corrected chi connectivity index (χ4v) is 1.95. The van der Waals surface area contributed by atoms with Gasteiger partial charge in [-0.1, -0.05) is 17.7 Å². The molecule has 0 fully saturated rings. The van der Waals surface area contributed by atoms with Crippen molar-refractivity contribution >= 4 is 23.4 Å². The van der Waals surface area contributed by atoms with Crippen LogP contribution in [0.15, 0.2) is 30.4 Å². The Morgan fingerprint density at radius 3 is 3.05 bits per heavy atom. The number of carboxylic acids is 1. The SMILES string of the molecule is [2H]OC(=O)C([2H])([2H])CC(=O)c1nc([2H])c(-c2cc(Cl)ccc2C)c([2H])c1O[2H]. The maximum absolute atomic E-state index is 12.4. The number of nitrogens with zero attached hydrogens (tertiary/aromatic N) is 1. The molecule has 0 saturated carbocycles. The van der Waals surface area contributed by atoms with Gasteiger partial charge in [-0.3, -0.25) is 9.59 Å². The number of carboxylic acid groups (broad SMARTS) is 1. The van der Waals surface area contributed by atoms with Crippen LogP contribution in [0.5, 0.6) is 5.75 Å². The standard InChI is InChI=1S/C16H14ClNO4/c1-9-2-3-11(17)7-12(9)10-6-14(20)16(18-8-10)13(19)4-5-15(21)22/h2-3,6-8,20H,4-5H2,1H3,(H,21,22)/i5D2,6D,8D/hD2. The first kappa shape index (κ1) is 9.58. The summed E-state index contributed by atoms with van der Waals surface area (Å²) in [5.41, 5.74) is 0.389. The van der Waals surface area contributed by atoms with Crippen LogP contribution >= 0.6 is 11.6 Å². The number of rotatable bonds is 6. The molecule has 5 nitrogen and oxygen atoms in total. The summed E-state index contributed by atoms with van der Waals surface area (Å²) in [6.07, 6.45) is -4.38. The average molecular weight is 326 g/mol. The van der Waals surface area contributed by atoms with Crippen LogP contribution in [0.1, 0.15) is 34.3 Å². The van der Waals surface area contributed by atoms with E-state index in [4.69, 9.17) is 19.9 Å². The number of ketones is 1. The molecular formula is C16H14ClNO4. The second-order valence-electron chi connectivity index (χ2n) is 4.42. The minimum absolute atomic E-state index is 0.0209. The summed E-state index contributed by atoms with van der Waals surface area (Å²) in [5, 5.41) is 8.28. The van der Waals surface area contributed by atoms with E-state index in [1.807, 2.05) is 0 Å². The van der Waals surface area contributed by atoms with Gasteiger partial charge in [0.1, 0.15) is 11.4 Å². The molecule has 2 N–H and O–H groups in total. The molecule has 0 aliphatic carbocycles. The highest BCUT2D eigenvalue weighted by molar-refractivity contribution is 6.30. The van der Waals surface area contributed by atoms with Crippen molar-refractivity contribution in [2.45, 2.75) is 19.7 Å². The Bertz CT molecular complexity index is 953. The highest BCUT2D eigenvalue weighted by Crippen LogP contribution is 2.29. The topological polar surface area (TPSA) is 87.5 Å². The summed E-state index contributed by atoms with van der Waals surface area (Å²) in [4.78, 5) is 27.5. The van der Waals surface area contributed by atoms with Gasteiger partial charge in [-0.15, -0.1) is 0 Å². The van der Waals surface area contributed by atoms with E-state index in [9.17, 15) is 9.59 Å². The molecule has 1 aromatic heterocycles. The Morgan fingerprint density at radius 1 is 1.50 bits per heavy atom. The number of aromatic nitrogens is 1. The molecule has 0 aliphatic rings. The summed E-state index contributed by atoms with van der Waals surface area (Å²) in [6, 6.07) is 4.31. The lowest BCUT2D eigenvalue weighted by molar-refractivity contribution is -0.136. The molecule has 0 spiro atoms. The second-order valence-corrected chi connectivity index (χ2v) is 4.86.